The predicted molar refractivity (Wildman–Crippen MR) is 96.1 cm³/mol. The van der Waals surface area contributed by atoms with Crippen molar-refractivity contribution < 1.29 is 0 Å². The van der Waals surface area contributed by atoms with Crippen molar-refractivity contribution in [1.29, 1.82) is 0 Å². The molecule has 0 aromatic heterocycles. The first-order valence-electron chi connectivity index (χ1n) is 8.84. The van der Waals surface area contributed by atoms with Crippen molar-refractivity contribution in [1.82, 2.24) is 0 Å². The maximum absolute atomic E-state index is 2.40. The molecule has 0 radical (unpaired) electrons. The molecular weight excluding hydrogens is 252 g/mol. The van der Waals surface area contributed by atoms with Crippen LogP contribution in [0.15, 0.2) is 24.3 Å². The number of hydrogen-bond donors (Lipinski definition) is 0. The van der Waals surface area contributed by atoms with E-state index in [0.717, 1.165) is 5.92 Å². The maximum Gasteiger partial charge on any atom is -0.0103 e. The summed E-state index contributed by atoms with van der Waals surface area (Å²) in [7, 11) is 0. The molecule has 120 valence electrons. The van der Waals surface area contributed by atoms with Crippen LogP contribution in [0.1, 0.15) is 91.7 Å². The lowest BCUT2D eigenvalue weighted by atomic mass is 9.76. The molecule has 0 heteroatoms. The van der Waals surface area contributed by atoms with Gasteiger partial charge in [-0.1, -0.05) is 85.6 Å². The number of hydrogen-bond acceptors (Lipinski definition) is 0. The summed E-state index contributed by atoms with van der Waals surface area (Å²) in [6.07, 6.45) is 6.47. The van der Waals surface area contributed by atoms with E-state index in [1.165, 1.54) is 43.2 Å². The van der Waals surface area contributed by atoms with E-state index in [-0.39, 0.29) is 10.8 Å². The molecule has 0 saturated carbocycles. The summed E-state index contributed by atoms with van der Waals surface area (Å²) in [5.41, 5.74) is 3.53. The highest BCUT2D eigenvalue weighted by Crippen LogP contribution is 2.33. The van der Waals surface area contributed by atoms with Gasteiger partial charge < -0.3 is 0 Å². The molecule has 0 N–H and O–H groups in total. The number of rotatable bonds is 8. The Balaban J connectivity index is 2.75. The molecule has 0 heterocycles. The Hall–Kier alpha value is -0.780. The first-order valence-corrected chi connectivity index (χ1v) is 8.84. The first-order chi connectivity index (χ1) is 9.73. The van der Waals surface area contributed by atoms with Crippen molar-refractivity contribution in [3.8, 4) is 0 Å². The molecule has 0 amide bonds. The van der Waals surface area contributed by atoms with E-state index in [1.54, 1.807) is 0 Å². The summed E-state index contributed by atoms with van der Waals surface area (Å²) in [5.74, 6) is 0.854. The van der Waals surface area contributed by atoms with Crippen LogP contribution in [0.3, 0.4) is 0 Å². The zero-order valence-electron chi connectivity index (χ0n) is 15.4. The standard InChI is InChI=1S/C21H36/c1-8-10-17(3)15-16-21(6,7)19-13-11-18(12-14-19)20(4,5)9-2/h11-14,17H,8-10,15-16H2,1-7H3. The molecule has 1 rings (SSSR count). The maximum atomic E-state index is 2.40. The van der Waals surface area contributed by atoms with Crippen LogP contribution in [-0.2, 0) is 10.8 Å². The van der Waals surface area contributed by atoms with Crippen LogP contribution in [0, 0.1) is 5.92 Å². The Morgan fingerprint density at radius 2 is 1.29 bits per heavy atom. The van der Waals surface area contributed by atoms with Gasteiger partial charge in [0.1, 0.15) is 0 Å². The SMILES string of the molecule is CCCC(C)CCC(C)(C)c1ccc(C(C)(C)CC)cc1. The van der Waals surface area contributed by atoms with E-state index in [4.69, 9.17) is 0 Å². The fraction of sp³-hybridized carbons (Fsp3) is 0.714. The summed E-state index contributed by atoms with van der Waals surface area (Å²) in [6, 6.07) is 9.40. The topological polar surface area (TPSA) is 0 Å². The lowest BCUT2D eigenvalue weighted by molar-refractivity contribution is 0.384. The van der Waals surface area contributed by atoms with Crippen molar-refractivity contribution in [3.63, 3.8) is 0 Å². The third-order valence-corrected chi connectivity index (χ3v) is 5.38. The van der Waals surface area contributed by atoms with Crippen molar-refractivity contribution >= 4 is 0 Å². The molecule has 0 saturated heterocycles. The Kier molecular flexibility index (Phi) is 6.50. The van der Waals surface area contributed by atoms with Gasteiger partial charge in [0.15, 0.2) is 0 Å². The lowest BCUT2D eigenvalue weighted by Crippen LogP contribution is -2.20. The molecule has 0 spiro atoms. The van der Waals surface area contributed by atoms with Crippen molar-refractivity contribution in [3.05, 3.63) is 35.4 Å². The molecule has 1 aromatic carbocycles. The van der Waals surface area contributed by atoms with Crippen LogP contribution >= 0.6 is 0 Å². The monoisotopic (exact) mass is 288 g/mol. The van der Waals surface area contributed by atoms with Gasteiger partial charge >= 0.3 is 0 Å². The van der Waals surface area contributed by atoms with Gasteiger partial charge in [0.25, 0.3) is 0 Å². The largest absolute Gasteiger partial charge is 0.0654 e. The highest BCUT2D eigenvalue weighted by Gasteiger charge is 2.23. The van der Waals surface area contributed by atoms with Crippen molar-refractivity contribution in [2.75, 3.05) is 0 Å². The molecule has 1 unspecified atom stereocenters. The van der Waals surface area contributed by atoms with Gasteiger partial charge in [0, 0.05) is 0 Å². The first kappa shape index (κ1) is 18.3. The number of benzene rings is 1. The van der Waals surface area contributed by atoms with E-state index < -0.39 is 0 Å². The van der Waals surface area contributed by atoms with E-state index >= 15 is 0 Å². The summed E-state index contributed by atoms with van der Waals surface area (Å²) in [4.78, 5) is 0. The van der Waals surface area contributed by atoms with Gasteiger partial charge in [-0.05, 0) is 47.1 Å². The fourth-order valence-electron chi connectivity index (χ4n) is 2.97. The van der Waals surface area contributed by atoms with Crippen LogP contribution < -0.4 is 0 Å². The molecule has 0 aliphatic heterocycles. The second kappa shape index (κ2) is 7.47. The average molecular weight is 289 g/mol. The minimum absolute atomic E-state index is 0.289. The highest BCUT2D eigenvalue weighted by molar-refractivity contribution is 5.31. The molecule has 0 fully saturated rings. The van der Waals surface area contributed by atoms with Gasteiger partial charge in [0.05, 0.1) is 0 Å². The summed E-state index contributed by atoms with van der Waals surface area (Å²) in [5, 5.41) is 0. The molecule has 0 aliphatic carbocycles. The predicted octanol–water partition coefficient (Wildman–Crippen LogP) is 6.87. The van der Waals surface area contributed by atoms with Gasteiger partial charge in [-0.15, -0.1) is 0 Å². The minimum atomic E-state index is 0.289. The van der Waals surface area contributed by atoms with Gasteiger partial charge in [-0.2, -0.15) is 0 Å². The zero-order chi connectivity index (χ0) is 16.1. The van der Waals surface area contributed by atoms with E-state index in [2.05, 4.69) is 72.7 Å². The van der Waals surface area contributed by atoms with Crippen molar-refractivity contribution in [2.24, 2.45) is 5.92 Å². The van der Waals surface area contributed by atoms with E-state index in [9.17, 15) is 0 Å². The Bertz CT molecular complexity index is 408. The third kappa shape index (κ3) is 5.16. The zero-order valence-corrected chi connectivity index (χ0v) is 15.4. The van der Waals surface area contributed by atoms with Crippen LogP contribution in [-0.4, -0.2) is 0 Å². The average Bonchev–Trinajstić information content (AvgIpc) is 2.46. The quantitative estimate of drug-likeness (QED) is 0.489. The second-order valence-electron chi connectivity index (χ2n) is 8.13. The van der Waals surface area contributed by atoms with Gasteiger partial charge in [-0.25, -0.2) is 0 Å². The lowest BCUT2D eigenvalue weighted by Gasteiger charge is -2.29. The van der Waals surface area contributed by atoms with Crippen LogP contribution in [0.2, 0.25) is 0 Å². The third-order valence-electron chi connectivity index (χ3n) is 5.38. The minimum Gasteiger partial charge on any atom is -0.0654 e. The van der Waals surface area contributed by atoms with Crippen LogP contribution in [0.4, 0.5) is 0 Å². The highest BCUT2D eigenvalue weighted by atomic mass is 14.3. The van der Waals surface area contributed by atoms with Crippen LogP contribution in [0.5, 0.6) is 0 Å². The Morgan fingerprint density at radius 3 is 1.71 bits per heavy atom. The molecular formula is C21H36. The molecule has 21 heavy (non-hydrogen) atoms. The van der Waals surface area contributed by atoms with Gasteiger partial charge in [-0.3, -0.25) is 0 Å². The van der Waals surface area contributed by atoms with Gasteiger partial charge in [0.2, 0.25) is 0 Å². The molecule has 0 bridgehead atoms. The molecule has 1 aromatic rings. The smallest absolute Gasteiger partial charge is 0.0103 e. The molecule has 1 atom stereocenters. The second-order valence-corrected chi connectivity index (χ2v) is 8.13. The summed E-state index contributed by atoms with van der Waals surface area (Å²) < 4.78 is 0. The molecule has 0 aliphatic rings. The molecule has 0 nitrogen and oxygen atoms in total. The van der Waals surface area contributed by atoms with E-state index in [0.29, 0.717) is 0 Å². The normalized spacial score (nSPS) is 14.2. The Morgan fingerprint density at radius 1 is 0.810 bits per heavy atom. The van der Waals surface area contributed by atoms with E-state index in [1.807, 2.05) is 0 Å². The fourth-order valence-corrected chi connectivity index (χ4v) is 2.97. The van der Waals surface area contributed by atoms with Crippen LogP contribution in [0.25, 0.3) is 0 Å². The Labute approximate surface area is 133 Å². The summed E-state index contributed by atoms with van der Waals surface area (Å²) >= 11 is 0. The van der Waals surface area contributed by atoms with Crippen molar-refractivity contribution in [2.45, 2.75) is 91.4 Å². The summed E-state index contributed by atoms with van der Waals surface area (Å²) in [6.45, 7) is 16.4.